The molecule has 1 saturated heterocycles. The molecular formula is C24H27FN4O3. The molecule has 32 heavy (non-hydrogen) atoms. The Kier molecular flexibility index (Phi) is 7.05. The summed E-state index contributed by atoms with van der Waals surface area (Å²) in [4.78, 5) is 27.8. The number of methoxy groups -OCH3 is 1. The lowest BCUT2D eigenvalue weighted by Gasteiger charge is -2.41. The summed E-state index contributed by atoms with van der Waals surface area (Å²) < 4.78 is 18.7. The molecule has 1 aliphatic heterocycles. The maximum absolute atomic E-state index is 13.6. The number of carbonyl (C=O) groups is 2. The second-order valence-corrected chi connectivity index (χ2v) is 7.78. The second kappa shape index (κ2) is 9.74. The van der Waals surface area contributed by atoms with E-state index in [-0.39, 0.29) is 19.0 Å². The molecule has 1 fully saturated rings. The molecule has 0 aromatic heterocycles. The minimum absolute atomic E-state index is 0.0533. The molecule has 0 saturated carbocycles. The van der Waals surface area contributed by atoms with Gasteiger partial charge >= 0.3 is 0 Å². The van der Waals surface area contributed by atoms with Crippen LogP contribution < -0.4 is 11.1 Å². The second-order valence-electron chi connectivity index (χ2n) is 7.78. The van der Waals surface area contributed by atoms with E-state index in [9.17, 15) is 14.0 Å². The number of rotatable bonds is 6. The highest BCUT2D eigenvalue weighted by molar-refractivity contribution is 6.13. The van der Waals surface area contributed by atoms with E-state index >= 15 is 0 Å². The molecule has 1 heterocycles. The van der Waals surface area contributed by atoms with E-state index in [1.807, 2.05) is 13.0 Å². The number of hydrogen-bond acceptors (Lipinski definition) is 5. The standard InChI is InChI=1S/C24H27FN4O3/c1-14-5-4-6-17(13-14)23(30)28-21-20(16-7-9-18(25)10-8-16)19(15(2)26)22(27)29(24(21)31)11-12-32-3/h4-10,13,20-21,27H,11-12,26H2,1-3H3,(H,28,30)/t20-,21-/m0/s1. The molecule has 0 aliphatic carbocycles. The molecule has 0 bridgehead atoms. The number of amidine groups is 1. The van der Waals surface area contributed by atoms with Gasteiger partial charge in [0.1, 0.15) is 17.7 Å². The minimum atomic E-state index is -1.03. The van der Waals surface area contributed by atoms with Crippen molar-refractivity contribution in [2.75, 3.05) is 20.3 Å². The molecule has 0 radical (unpaired) electrons. The van der Waals surface area contributed by atoms with Crippen molar-refractivity contribution in [3.8, 4) is 0 Å². The zero-order chi connectivity index (χ0) is 23.4. The molecule has 8 heteroatoms. The SMILES string of the molecule is COCCN1C(=N)C(=C(C)N)[C@H](c2ccc(F)cc2)[C@H](NC(=O)c2cccc(C)c2)C1=O. The van der Waals surface area contributed by atoms with Crippen molar-refractivity contribution in [1.82, 2.24) is 10.2 Å². The Morgan fingerprint density at radius 3 is 2.53 bits per heavy atom. The van der Waals surface area contributed by atoms with Gasteiger partial charge < -0.3 is 15.8 Å². The summed E-state index contributed by atoms with van der Waals surface area (Å²) in [5.74, 6) is -2.10. The number of hydrogen-bond donors (Lipinski definition) is 3. The van der Waals surface area contributed by atoms with Crippen LogP contribution in [0, 0.1) is 18.2 Å². The van der Waals surface area contributed by atoms with Crippen molar-refractivity contribution in [3.05, 3.63) is 82.3 Å². The number of benzene rings is 2. The van der Waals surface area contributed by atoms with Gasteiger partial charge in [-0.3, -0.25) is 19.9 Å². The number of allylic oxidation sites excluding steroid dienone is 1. The van der Waals surface area contributed by atoms with Crippen LogP contribution in [0.25, 0.3) is 0 Å². The first-order valence-electron chi connectivity index (χ1n) is 10.2. The van der Waals surface area contributed by atoms with Gasteiger partial charge in [0.05, 0.1) is 13.2 Å². The van der Waals surface area contributed by atoms with Crippen LogP contribution in [-0.4, -0.2) is 48.9 Å². The molecule has 1 aliphatic rings. The number of nitrogens with one attached hydrogen (secondary N) is 2. The molecule has 2 aromatic carbocycles. The average molecular weight is 439 g/mol. The fourth-order valence-electron chi connectivity index (χ4n) is 3.90. The van der Waals surface area contributed by atoms with Gasteiger partial charge in [-0.1, -0.05) is 29.8 Å². The van der Waals surface area contributed by atoms with Crippen molar-refractivity contribution in [1.29, 1.82) is 5.41 Å². The Bertz CT molecular complexity index is 1060. The summed E-state index contributed by atoms with van der Waals surface area (Å²) in [6.07, 6.45) is 0. The van der Waals surface area contributed by atoms with Crippen LogP contribution >= 0.6 is 0 Å². The highest BCUT2D eigenvalue weighted by atomic mass is 19.1. The van der Waals surface area contributed by atoms with E-state index in [2.05, 4.69) is 5.32 Å². The number of nitrogens with zero attached hydrogens (tertiary/aromatic N) is 1. The summed E-state index contributed by atoms with van der Waals surface area (Å²) in [6.45, 7) is 3.86. The van der Waals surface area contributed by atoms with Crippen molar-refractivity contribution in [2.24, 2.45) is 5.73 Å². The van der Waals surface area contributed by atoms with E-state index in [4.69, 9.17) is 15.9 Å². The van der Waals surface area contributed by atoms with Crippen molar-refractivity contribution in [2.45, 2.75) is 25.8 Å². The van der Waals surface area contributed by atoms with Crippen LogP contribution in [0.1, 0.15) is 34.3 Å². The van der Waals surface area contributed by atoms with Crippen LogP contribution in [0.15, 0.2) is 59.8 Å². The van der Waals surface area contributed by atoms with E-state index in [1.165, 1.54) is 24.1 Å². The monoisotopic (exact) mass is 438 g/mol. The molecule has 2 atom stereocenters. The summed E-state index contributed by atoms with van der Waals surface area (Å²) >= 11 is 0. The van der Waals surface area contributed by atoms with Gasteiger partial charge in [0.25, 0.3) is 11.8 Å². The van der Waals surface area contributed by atoms with Crippen LogP contribution in [0.5, 0.6) is 0 Å². The van der Waals surface area contributed by atoms with Crippen LogP contribution in [-0.2, 0) is 9.53 Å². The van der Waals surface area contributed by atoms with E-state index < -0.39 is 29.6 Å². The molecule has 0 spiro atoms. The molecule has 2 aromatic rings. The lowest BCUT2D eigenvalue weighted by molar-refractivity contribution is -0.131. The molecule has 2 amide bonds. The third kappa shape index (κ3) is 4.70. The van der Waals surface area contributed by atoms with Crippen LogP contribution in [0.4, 0.5) is 4.39 Å². The van der Waals surface area contributed by atoms with Crippen LogP contribution in [0.3, 0.4) is 0 Å². The van der Waals surface area contributed by atoms with Gasteiger partial charge in [-0.15, -0.1) is 0 Å². The van der Waals surface area contributed by atoms with Gasteiger partial charge in [-0.25, -0.2) is 4.39 Å². The zero-order valence-electron chi connectivity index (χ0n) is 18.3. The van der Waals surface area contributed by atoms with Crippen LogP contribution in [0.2, 0.25) is 0 Å². The summed E-state index contributed by atoms with van der Waals surface area (Å²) in [5.41, 5.74) is 8.80. The Balaban J connectivity index is 2.09. The molecule has 168 valence electrons. The largest absolute Gasteiger partial charge is 0.402 e. The highest BCUT2D eigenvalue weighted by Gasteiger charge is 2.45. The Morgan fingerprint density at radius 2 is 1.94 bits per heavy atom. The van der Waals surface area contributed by atoms with E-state index in [0.29, 0.717) is 22.4 Å². The fourth-order valence-corrected chi connectivity index (χ4v) is 3.90. The summed E-state index contributed by atoms with van der Waals surface area (Å²) in [5, 5.41) is 11.5. The van der Waals surface area contributed by atoms with Gasteiger partial charge in [-0.2, -0.15) is 0 Å². The van der Waals surface area contributed by atoms with Crippen molar-refractivity contribution in [3.63, 3.8) is 0 Å². The summed E-state index contributed by atoms with van der Waals surface area (Å²) in [7, 11) is 1.50. The highest BCUT2D eigenvalue weighted by Crippen LogP contribution is 2.36. The summed E-state index contributed by atoms with van der Waals surface area (Å²) in [6, 6.07) is 11.6. The minimum Gasteiger partial charge on any atom is -0.402 e. The van der Waals surface area contributed by atoms with Gasteiger partial charge in [0.2, 0.25) is 0 Å². The van der Waals surface area contributed by atoms with Gasteiger partial charge in [0.15, 0.2) is 0 Å². The van der Waals surface area contributed by atoms with Crippen molar-refractivity contribution < 1.29 is 18.7 Å². The topological polar surface area (TPSA) is 109 Å². The number of ether oxygens (including phenoxy) is 1. The maximum Gasteiger partial charge on any atom is 0.251 e. The average Bonchev–Trinajstić information content (AvgIpc) is 2.75. The Hall–Kier alpha value is -3.52. The zero-order valence-corrected chi connectivity index (χ0v) is 18.3. The number of likely N-dealkylation sites (tertiary alicyclic amines) is 1. The Labute approximate surface area is 186 Å². The Morgan fingerprint density at radius 1 is 1.25 bits per heavy atom. The fraction of sp³-hybridized carbons (Fsp3) is 0.292. The lowest BCUT2D eigenvalue weighted by Crippen LogP contribution is -2.59. The quantitative estimate of drug-likeness (QED) is 0.644. The maximum atomic E-state index is 13.6. The predicted molar refractivity (Wildman–Crippen MR) is 120 cm³/mol. The first-order chi connectivity index (χ1) is 15.2. The van der Waals surface area contributed by atoms with Crippen molar-refractivity contribution >= 4 is 17.6 Å². The smallest absolute Gasteiger partial charge is 0.251 e. The molecule has 0 unspecified atom stereocenters. The van der Waals surface area contributed by atoms with Gasteiger partial charge in [0, 0.05) is 29.9 Å². The van der Waals surface area contributed by atoms with Gasteiger partial charge in [-0.05, 0) is 43.7 Å². The first kappa shape index (κ1) is 23.1. The normalized spacial score (nSPS) is 20.3. The number of amides is 2. The number of halogens is 1. The lowest BCUT2D eigenvalue weighted by atomic mass is 9.79. The third-order valence-corrected chi connectivity index (χ3v) is 5.44. The number of aryl methyl sites for hydroxylation is 1. The number of piperidine rings is 1. The third-order valence-electron chi connectivity index (χ3n) is 5.44. The molecular weight excluding hydrogens is 411 g/mol. The number of nitrogens with two attached hydrogens (primary N) is 1. The van der Waals surface area contributed by atoms with E-state index in [1.54, 1.807) is 37.3 Å². The first-order valence-corrected chi connectivity index (χ1v) is 10.2. The number of carbonyl (C=O) groups excluding carboxylic acids is 2. The molecule has 4 N–H and O–H groups in total. The predicted octanol–water partition coefficient (Wildman–Crippen LogP) is 2.71. The van der Waals surface area contributed by atoms with E-state index in [0.717, 1.165) is 5.56 Å². The molecule has 7 nitrogen and oxygen atoms in total. The molecule has 3 rings (SSSR count).